The van der Waals surface area contributed by atoms with Crippen LogP contribution in [0.1, 0.15) is 57.6 Å². The Balaban J connectivity index is 1.75. The van der Waals surface area contributed by atoms with Crippen molar-refractivity contribution in [1.29, 1.82) is 0 Å². The van der Waals surface area contributed by atoms with Gasteiger partial charge in [0, 0.05) is 23.1 Å². The predicted octanol–water partition coefficient (Wildman–Crippen LogP) is 4.56. The molecule has 2 fully saturated rings. The minimum atomic E-state index is 0.454. The SMILES string of the molecule is CC1CCCC(C)N1NC(c1ccc(Cl)cc1)C1CC1. The average Bonchev–Trinajstić information content (AvgIpc) is 3.24. The monoisotopic (exact) mass is 292 g/mol. The van der Waals surface area contributed by atoms with Crippen LogP contribution in [0.2, 0.25) is 5.02 Å². The highest BCUT2D eigenvalue weighted by atomic mass is 35.5. The number of hydrogen-bond acceptors (Lipinski definition) is 2. The summed E-state index contributed by atoms with van der Waals surface area (Å²) in [4.78, 5) is 0. The van der Waals surface area contributed by atoms with Gasteiger partial charge in [-0.05, 0) is 63.1 Å². The first kappa shape index (κ1) is 14.4. The molecule has 1 heterocycles. The Morgan fingerprint density at radius 2 is 1.65 bits per heavy atom. The van der Waals surface area contributed by atoms with Gasteiger partial charge in [0.1, 0.15) is 0 Å². The second-order valence-corrected chi connectivity index (χ2v) is 6.97. The number of nitrogens with one attached hydrogen (secondary N) is 1. The van der Waals surface area contributed by atoms with Gasteiger partial charge in [-0.15, -0.1) is 0 Å². The predicted molar refractivity (Wildman–Crippen MR) is 84.7 cm³/mol. The van der Waals surface area contributed by atoms with Gasteiger partial charge in [0.15, 0.2) is 0 Å². The van der Waals surface area contributed by atoms with Crippen molar-refractivity contribution < 1.29 is 0 Å². The van der Waals surface area contributed by atoms with E-state index in [1.54, 1.807) is 0 Å². The van der Waals surface area contributed by atoms with E-state index >= 15 is 0 Å². The zero-order valence-electron chi connectivity index (χ0n) is 12.5. The maximum absolute atomic E-state index is 6.02. The van der Waals surface area contributed by atoms with Crippen molar-refractivity contribution in [3.05, 3.63) is 34.9 Å². The van der Waals surface area contributed by atoms with Crippen molar-refractivity contribution in [2.75, 3.05) is 0 Å². The molecule has 3 heteroatoms. The van der Waals surface area contributed by atoms with E-state index in [0.29, 0.717) is 18.1 Å². The lowest BCUT2D eigenvalue weighted by atomic mass is 9.98. The largest absolute Gasteiger partial charge is 0.247 e. The normalized spacial score (nSPS) is 29.4. The van der Waals surface area contributed by atoms with Gasteiger partial charge in [-0.3, -0.25) is 0 Å². The second kappa shape index (κ2) is 6.05. The van der Waals surface area contributed by atoms with E-state index in [-0.39, 0.29) is 0 Å². The fourth-order valence-corrected chi connectivity index (χ4v) is 3.51. The molecule has 0 radical (unpaired) electrons. The summed E-state index contributed by atoms with van der Waals surface area (Å²) in [5, 5.41) is 3.32. The second-order valence-electron chi connectivity index (χ2n) is 6.53. The Hall–Kier alpha value is -0.570. The third-order valence-corrected chi connectivity index (χ3v) is 5.06. The van der Waals surface area contributed by atoms with Crippen LogP contribution < -0.4 is 5.43 Å². The van der Waals surface area contributed by atoms with Crippen molar-refractivity contribution in [1.82, 2.24) is 10.4 Å². The zero-order valence-corrected chi connectivity index (χ0v) is 13.2. The maximum Gasteiger partial charge on any atom is 0.0493 e. The summed E-state index contributed by atoms with van der Waals surface area (Å²) in [5.41, 5.74) is 5.22. The van der Waals surface area contributed by atoms with Crippen molar-refractivity contribution >= 4 is 11.6 Å². The van der Waals surface area contributed by atoms with E-state index in [4.69, 9.17) is 11.6 Å². The Labute approximate surface area is 127 Å². The van der Waals surface area contributed by atoms with Gasteiger partial charge in [-0.2, -0.15) is 0 Å². The van der Waals surface area contributed by atoms with Crippen molar-refractivity contribution in [2.24, 2.45) is 5.92 Å². The molecule has 3 rings (SSSR count). The van der Waals surface area contributed by atoms with Crippen LogP contribution in [-0.2, 0) is 0 Å². The third-order valence-electron chi connectivity index (χ3n) is 4.80. The Bertz CT molecular complexity index is 431. The zero-order chi connectivity index (χ0) is 14.1. The van der Waals surface area contributed by atoms with Crippen LogP contribution in [0, 0.1) is 5.92 Å². The van der Waals surface area contributed by atoms with Gasteiger partial charge in [0.25, 0.3) is 0 Å². The van der Waals surface area contributed by atoms with Crippen LogP contribution in [0.3, 0.4) is 0 Å². The average molecular weight is 293 g/mol. The molecule has 0 aromatic heterocycles. The van der Waals surface area contributed by atoms with Gasteiger partial charge in [0.2, 0.25) is 0 Å². The smallest absolute Gasteiger partial charge is 0.0493 e. The lowest BCUT2D eigenvalue weighted by Crippen LogP contribution is -2.53. The van der Waals surface area contributed by atoms with E-state index in [2.05, 4.69) is 36.4 Å². The molecule has 0 spiro atoms. The van der Waals surface area contributed by atoms with Crippen LogP contribution in [0.15, 0.2) is 24.3 Å². The molecule has 1 aliphatic carbocycles. The van der Waals surface area contributed by atoms with Crippen LogP contribution in [0.4, 0.5) is 0 Å². The standard InChI is InChI=1S/C17H25ClN2/c1-12-4-3-5-13(2)20(12)19-17(14-6-7-14)15-8-10-16(18)11-9-15/h8-14,17,19H,3-7H2,1-2H3. The molecule has 1 aliphatic heterocycles. The summed E-state index contributed by atoms with van der Waals surface area (Å²) < 4.78 is 0. The molecule has 20 heavy (non-hydrogen) atoms. The van der Waals surface area contributed by atoms with E-state index in [9.17, 15) is 0 Å². The van der Waals surface area contributed by atoms with Gasteiger partial charge >= 0.3 is 0 Å². The molecule has 1 aromatic carbocycles. The minimum absolute atomic E-state index is 0.454. The molecule has 110 valence electrons. The molecular weight excluding hydrogens is 268 g/mol. The summed E-state index contributed by atoms with van der Waals surface area (Å²) in [6, 6.07) is 10.1. The number of benzene rings is 1. The first-order valence-electron chi connectivity index (χ1n) is 7.95. The molecule has 1 aromatic rings. The first-order chi connectivity index (χ1) is 9.65. The first-order valence-corrected chi connectivity index (χ1v) is 8.33. The minimum Gasteiger partial charge on any atom is -0.247 e. The van der Waals surface area contributed by atoms with E-state index < -0.39 is 0 Å². The van der Waals surface area contributed by atoms with Gasteiger partial charge < -0.3 is 0 Å². The number of hydrogen-bond donors (Lipinski definition) is 1. The maximum atomic E-state index is 6.02. The van der Waals surface area contributed by atoms with Gasteiger partial charge in [0.05, 0.1) is 0 Å². The highest BCUT2D eigenvalue weighted by Crippen LogP contribution is 2.42. The summed E-state index contributed by atoms with van der Waals surface area (Å²) in [6.45, 7) is 4.68. The Morgan fingerprint density at radius 1 is 1.05 bits per heavy atom. The molecule has 3 atom stereocenters. The van der Waals surface area contributed by atoms with Crippen LogP contribution in [0.25, 0.3) is 0 Å². The molecule has 0 bridgehead atoms. The number of nitrogens with zero attached hydrogens (tertiary/aromatic N) is 1. The Morgan fingerprint density at radius 3 is 2.20 bits per heavy atom. The fourth-order valence-electron chi connectivity index (χ4n) is 3.39. The van der Waals surface area contributed by atoms with Gasteiger partial charge in [-0.25, -0.2) is 10.4 Å². The number of rotatable bonds is 4. The molecule has 1 N–H and O–H groups in total. The number of hydrazine groups is 1. The summed E-state index contributed by atoms with van der Waals surface area (Å²) >= 11 is 6.02. The van der Waals surface area contributed by atoms with E-state index in [1.807, 2.05) is 12.1 Å². The molecule has 2 nitrogen and oxygen atoms in total. The highest BCUT2D eigenvalue weighted by molar-refractivity contribution is 6.30. The van der Waals surface area contributed by atoms with E-state index in [0.717, 1.165) is 10.9 Å². The van der Waals surface area contributed by atoms with Crippen LogP contribution in [-0.4, -0.2) is 17.1 Å². The topological polar surface area (TPSA) is 15.3 Å². The molecule has 3 unspecified atom stereocenters. The third kappa shape index (κ3) is 3.19. The summed E-state index contributed by atoms with van der Waals surface area (Å²) in [6.07, 6.45) is 6.65. The van der Waals surface area contributed by atoms with Crippen LogP contribution >= 0.6 is 11.6 Å². The van der Waals surface area contributed by atoms with Crippen molar-refractivity contribution in [3.63, 3.8) is 0 Å². The number of piperidine rings is 1. The molecule has 0 amide bonds. The summed E-state index contributed by atoms with van der Waals surface area (Å²) in [7, 11) is 0. The van der Waals surface area contributed by atoms with Crippen LogP contribution in [0.5, 0.6) is 0 Å². The lowest BCUT2D eigenvalue weighted by molar-refractivity contribution is 0.0251. The molecular formula is C17H25ClN2. The molecule has 1 saturated heterocycles. The fraction of sp³-hybridized carbons (Fsp3) is 0.647. The highest BCUT2D eigenvalue weighted by Gasteiger charge is 2.35. The van der Waals surface area contributed by atoms with E-state index in [1.165, 1.54) is 37.7 Å². The summed E-state index contributed by atoms with van der Waals surface area (Å²) in [5.74, 6) is 0.789. The van der Waals surface area contributed by atoms with Crippen molar-refractivity contribution in [3.8, 4) is 0 Å². The quantitative estimate of drug-likeness (QED) is 0.875. The number of halogens is 1. The Kier molecular flexibility index (Phi) is 4.34. The molecule has 2 aliphatic rings. The lowest BCUT2D eigenvalue weighted by Gasteiger charge is -2.41. The van der Waals surface area contributed by atoms with Gasteiger partial charge in [-0.1, -0.05) is 30.2 Å². The van der Waals surface area contributed by atoms with Crippen molar-refractivity contribution in [2.45, 2.75) is 64.1 Å². The molecule has 1 saturated carbocycles.